The minimum atomic E-state index is -1.11. The Morgan fingerprint density at radius 1 is 0.946 bits per heavy atom. The van der Waals surface area contributed by atoms with Gasteiger partial charge in [-0.3, -0.25) is 4.79 Å². The molecule has 2 aromatic carbocycles. The first kappa shape index (κ1) is 28.4. The van der Waals surface area contributed by atoms with Crippen LogP contribution < -0.4 is 5.32 Å². The molecule has 0 saturated carbocycles. The number of anilines is 1. The van der Waals surface area contributed by atoms with Crippen molar-refractivity contribution in [2.75, 3.05) is 5.32 Å². The number of oxime groups is 1. The van der Waals surface area contributed by atoms with Crippen molar-refractivity contribution in [2.24, 2.45) is 5.16 Å². The van der Waals surface area contributed by atoms with Gasteiger partial charge in [0, 0.05) is 17.7 Å². The number of carboxylic acids is 1. The largest absolute Gasteiger partial charge is 0.478 e. The third-order valence-electron chi connectivity index (χ3n) is 7.30. The first-order chi connectivity index (χ1) is 17.4. The maximum Gasteiger partial charge on any atom is 0.335 e. The molecular weight excluding hydrogens is 468 g/mol. The third-order valence-corrected chi connectivity index (χ3v) is 7.30. The van der Waals surface area contributed by atoms with Gasteiger partial charge in [-0.1, -0.05) is 71.2 Å². The lowest BCUT2D eigenvalue weighted by Gasteiger charge is -2.42. The van der Waals surface area contributed by atoms with Crippen LogP contribution in [-0.4, -0.2) is 34.1 Å². The number of aliphatic hydroxyl groups excluding tert-OH is 1. The number of carboxylic acid groups (broad SMARTS) is 1. The Bertz CT molecular complexity index is 1140. The first-order valence-corrected chi connectivity index (χ1v) is 13.2. The molecule has 0 aliphatic heterocycles. The van der Waals surface area contributed by atoms with Crippen LogP contribution >= 0.6 is 0 Å². The maximum atomic E-state index is 13.4. The molecule has 1 unspecified atom stereocenters. The van der Waals surface area contributed by atoms with Gasteiger partial charge in [-0.25, -0.2) is 4.79 Å². The van der Waals surface area contributed by atoms with Gasteiger partial charge in [0.15, 0.2) is 5.71 Å². The molecule has 0 aromatic heterocycles. The lowest BCUT2D eigenvalue weighted by molar-refractivity contribution is -0.113. The monoisotopic (exact) mass is 508 g/mol. The summed E-state index contributed by atoms with van der Waals surface area (Å²) in [6, 6.07) is 11.9. The van der Waals surface area contributed by atoms with E-state index in [0.717, 1.165) is 38.5 Å². The van der Waals surface area contributed by atoms with Crippen LogP contribution in [0.25, 0.3) is 0 Å². The summed E-state index contributed by atoms with van der Waals surface area (Å²) in [6.07, 6.45) is 5.41. The highest BCUT2D eigenvalue weighted by Crippen LogP contribution is 2.46. The van der Waals surface area contributed by atoms with Crippen molar-refractivity contribution in [1.29, 1.82) is 0 Å². The molecule has 1 atom stereocenters. The number of fused-ring (bicyclic) bond motifs is 1. The molecule has 37 heavy (non-hydrogen) atoms. The van der Waals surface area contributed by atoms with E-state index in [9.17, 15) is 14.7 Å². The van der Waals surface area contributed by atoms with Crippen LogP contribution in [0.2, 0.25) is 0 Å². The number of carbonyl (C=O) groups excluding carboxylic acids is 1. The zero-order chi connectivity index (χ0) is 27.2. The average molecular weight is 509 g/mol. The molecule has 0 saturated heterocycles. The fraction of sp³-hybridized carbons (Fsp3) is 0.500. The summed E-state index contributed by atoms with van der Waals surface area (Å²) in [4.78, 5) is 29.9. The van der Waals surface area contributed by atoms with E-state index < -0.39 is 18.2 Å². The summed E-state index contributed by atoms with van der Waals surface area (Å²) in [5.41, 5.74) is 3.61. The van der Waals surface area contributed by atoms with Crippen molar-refractivity contribution in [1.82, 2.24) is 0 Å². The second-order valence-corrected chi connectivity index (χ2v) is 11.2. The predicted octanol–water partition coefficient (Wildman–Crippen LogP) is 6.38. The summed E-state index contributed by atoms with van der Waals surface area (Å²) in [6.45, 7) is 11.0. The summed E-state index contributed by atoms with van der Waals surface area (Å²) >= 11 is 0. The Balaban J connectivity index is 1.92. The second kappa shape index (κ2) is 11.9. The second-order valence-electron chi connectivity index (χ2n) is 11.2. The minimum absolute atomic E-state index is 0.0278. The fourth-order valence-corrected chi connectivity index (χ4v) is 4.76. The summed E-state index contributed by atoms with van der Waals surface area (Å²) < 4.78 is 0. The Hall–Kier alpha value is -3.19. The quantitative estimate of drug-likeness (QED) is 0.141. The van der Waals surface area contributed by atoms with E-state index in [1.807, 2.05) is 12.1 Å². The summed E-state index contributed by atoms with van der Waals surface area (Å²) in [7, 11) is 0. The Morgan fingerprint density at radius 3 is 2.19 bits per heavy atom. The van der Waals surface area contributed by atoms with Crippen LogP contribution in [0.15, 0.2) is 47.6 Å². The molecule has 3 N–H and O–H groups in total. The highest BCUT2D eigenvalue weighted by atomic mass is 16.7. The Kier molecular flexibility index (Phi) is 9.13. The van der Waals surface area contributed by atoms with Gasteiger partial charge in [0.1, 0.15) is 0 Å². The van der Waals surface area contributed by atoms with Gasteiger partial charge in [-0.2, -0.15) is 0 Å². The number of hydrogen-bond acceptors (Lipinski definition) is 5. The van der Waals surface area contributed by atoms with Crippen molar-refractivity contribution < 1.29 is 24.6 Å². The molecule has 0 radical (unpaired) electrons. The lowest BCUT2D eigenvalue weighted by atomic mass is 9.63. The number of aromatic carboxylic acids is 1. The van der Waals surface area contributed by atoms with Gasteiger partial charge in [-0.05, 0) is 71.6 Å². The van der Waals surface area contributed by atoms with E-state index >= 15 is 0 Å². The summed E-state index contributed by atoms with van der Waals surface area (Å²) in [5, 5.41) is 26.4. The van der Waals surface area contributed by atoms with Gasteiger partial charge >= 0.3 is 5.97 Å². The van der Waals surface area contributed by atoms with Gasteiger partial charge < -0.3 is 20.4 Å². The molecule has 3 rings (SSSR count). The van der Waals surface area contributed by atoms with Crippen molar-refractivity contribution in [3.63, 3.8) is 0 Å². The minimum Gasteiger partial charge on any atom is -0.478 e. The van der Waals surface area contributed by atoms with Crippen LogP contribution in [0.5, 0.6) is 0 Å². The topological polar surface area (TPSA) is 108 Å². The van der Waals surface area contributed by atoms with Crippen molar-refractivity contribution in [3.8, 4) is 0 Å². The Labute approximate surface area is 219 Å². The highest BCUT2D eigenvalue weighted by Gasteiger charge is 2.37. The third kappa shape index (κ3) is 7.19. The van der Waals surface area contributed by atoms with E-state index in [0.29, 0.717) is 17.7 Å². The van der Waals surface area contributed by atoms with Gasteiger partial charge in [0.05, 0.1) is 5.56 Å². The molecule has 1 amide bonds. The zero-order valence-electron chi connectivity index (χ0n) is 22.6. The molecule has 1 aliphatic carbocycles. The average Bonchev–Trinajstić information content (AvgIpc) is 2.85. The Morgan fingerprint density at radius 2 is 1.57 bits per heavy atom. The molecular formula is C30H40N2O5. The number of nitrogens with zero attached hydrogens (tertiary/aromatic N) is 1. The molecule has 200 valence electrons. The molecule has 1 aliphatic rings. The fourth-order valence-electron chi connectivity index (χ4n) is 4.76. The number of amides is 1. The number of hydrogen-bond donors (Lipinski definition) is 3. The van der Waals surface area contributed by atoms with Gasteiger partial charge in [0.2, 0.25) is 6.29 Å². The molecule has 7 nitrogen and oxygen atoms in total. The lowest BCUT2D eigenvalue weighted by Crippen LogP contribution is -2.34. The molecule has 2 aromatic rings. The highest BCUT2D eigenvalue weighted by molar-refractivity contribution is 6.48. The number of carbonyl (C=O) groups is 2. The van der Waals surface area contributed by atoms with Crippen LogP contribution in [0, 0.1) is 0 Å². The van der Waals surface area contributed by atoms with E-state index in [4.69, 9.17) is 9.94 Å². The summed E-state index contributed by atoms with van der Waals surface area (Å²) in [5.74, 6) is -1.55. The molecule has 0 bridgehead atoms. The zero-order valence-corrected chi connectivity index (χ0v) is 22.6. The van der Waals surface area contributed by atoms with Crippen molar-refractivity contribution >= 4 is 23.3 Å². The van der Waals surface area contributed by atoms with E-state index in [2.05, 4.69) is 51.2 Å². The van der Waals surface area contributed by atoms with Crippen LogP contribution in [0.3, 0.4) is 0 Å². The predicted molar refractivity (Wildman–Crippen MR) is 146 cm³/mol. The maximum absolute atomic E-state index is 13.4. The normalized spacial score (nSPS) is 17.0. The SMILES string of the molecule is CCCCCCC(O)O/N=C(/C(=O)Nc1ccc(C(=O)O)cc1)c1ccc2c(c1)C(C)(C)CCC2(C)C. The standard InChI is InChI=1S/C30H40N2O5/c1-6-7-8-9-10-25(33)37-32-26(27(34)31-22-14-11-20(12-15-22)28(35)36)21-13-16-23-24(19-21)30(4,5)18-17-29(23,2)3/h11-16,19,25,33H,6-10,17-18H2,1-5H3,(H,31,34)(H,35,36)/b32-26+. The van der Waals surface area contributed by atoms with Crippen LogP contribution in [-0.2, 0) is 20.5 Å². The van der Waals surface area contributed by atoms with E-state index in [-0.39, 0.29) is 22.1 Å². The molecule has 7 heteroatoms. The number of benzene rings is 2. The smallest absolute Gasteiger partial charge is 0.335 e. The number of rotatable bonds is 11. The number of nitrogens with one attached hydrogen (secondary N) is 1. The first-order valence-electron chi connectivity index (χ1n) is 13.2. The number of unbranched alkanes of at least 4 members (excludes halogenated alkanes) is 3. The number of aliphatic hydroxyl groups is 1. The molecule has 0 spiro atoms. The molecule has 0 heterocycles. The van der Waals surface area contributed by atoms with Crippen molar-refractivity contribution in [2.45, 2.75) is 96.7 Å². The van der Waals surface area contributed by atoms with E-state index in [1.165, 1.54) is 35.4 Å². The van der Waals surface area contributed by atoms with Gasteiger partial charge in [0.25, 0.3) is 5.91 Å². The van der Waals surface area contributed by atoms with E-state index in [1.54, 1.807) is 0 Å². The molecule has 0 fully saturated rings. The van der Waals surface area contributed by atoms with Crippen LogP contribution in [0.1, 0.15) is 107 Å². The van der Waals surface area contributed by atoms with Crippen molar-refractivity contribution in [3.05, 3.63) is 64.7 Å². The van der Waals surface area contributed by atoms with Gasteiger partial charge in [-0.15, -0.1) is 0 Å². The van der Waals surface area contributed by atoms with Crippen LogP contribution in [0.4, 0.5) is 5.69 Å².